The molecule has 0 saturated heterocycles. The van der Waals surface area contributed by atoms with Crippen molar-refractivity contribution in [1.29, 1.82) is 0 Å². The lowest BCUT2D eigenvalue weighted by molar-refractivity contribution is 0.102. The second-order valence-corrected chi connectivity index (χ2v) is 4.82. The number of hydrogen-bond donors (Lipinski definition) is 1. The summed E-state index contributed by atoms with van der Waals surface area (Å²) in [5, 5.41) is 3.22. The number of anilines is 1. The number of nitrogens with one attached hydrogen (secondary N) is 1. The van der Waals surface area contributed by atoms with Crippen LogP contribution >= 0.6 is 34.8 Å². The highest BCUT2D eigenvalue weighted by Gasteiger charge is 2.14. The average Bonchev–Trinajstić information content (AvgIpc) is 2.39. The fourth-order valence-corrected chi connectivity index (χ4v) is 2.20. The molecule has 0 unspecified atom stereocenters. The molecule has 0 radical (unpaired) electrons. The smallest absolute Gasteiger partial charge is 0.259 e. The summed E-state index contributed by atoms with van der Waals surface area (Å²) >= 11 is 17.6. The molecule has 98 valence electrons. The Hall–Kier alpha value is -1.29. The van der Waals surface area contributed by atoms with Crippen LogP contribution in [0.3, 0.4) is 0 Å². The molecule has 0 atom stereocenters. The molecular formula is C13H9Cl3N2O. The molecule has 0 aliphatic rings. The maximum Gasteiger partial charge on any atom is 0.259 e. The molecule has 1 aromatic heterocycles. The van der Waals surface area contributed by atoms with Gasteiger partial charge in [0.2, 0.25) is 0 Å². The number of amides is 1. The van der Waals surface area contributed by atoms with Gasteiger partial charge in [0.15, 0.2) is 0 Å². The van der Waals surface area contributed by atoms with E-state index >= 15 is 0 Å². The van der Waals surface area contributed by atoms with Crippen molar-refractivity contribution in [2.75, 3.05) is 5.32 Å². The Labute approximate surface area is 125 Å². The number of aromatic nitrogens is 1. The molecule has 0 fully saturated rings. The number of halogens is 3. The number of carbonyl (C=O) groups excluding carboxylic acids is 1. The summed E-state index contributed by atoms with van der Waals surface area (Å²) in [4.78, 5) is 16.1. The Kier molecular flexibility index (Phi) is 4.64. The van der Waals surface area contributed by atoms with Crippen LogP contribution in [0.4, 0.5) is 5.82 Å². The van der Waals surface area contributed by atoms with Crippen LogP contribution < -0.4 is 5.32 Å². The molecule has 1 amide bonds. The molecule has 0 bridgehead atoms. The predicted octanol–water partition coefficient (Wildman–Crippen LogP) is 4.38. The zero-order valence-corrected chi connectivity index (χ0v) is 11.9. The number of pyridine rings is 1. The number of carbonyl (C=O) groups is 1. The second kappa shape index (κ2) is 6.24. The van der Waals surface area contributed by atoms with Crippen molar-refractivity contribution >= 4 is 46.5 Å². The third kappa shape index (κ3) is 3.38. The second-order valence-electron chi connectivity index (χ2n) is 3.74. The summed E-state index contributed by atoms with van der Waals surface area (Å²) in [7, 11) is 0. The Balaban J connectivity index is 2.21. The number of rotatable bonds is 3. The molecule has 0 saturated carbocycles. The topological polar surface area (TPSA) is 42.0 Å². The standard InChI is InChI=1S/C13H9Cl3N2O/c14-6-8-4-5-11(17-7-8)18-13(19)12-9(15)2-1-3-10(12)16/h1-5,7H,6H2,(H,17,18,19). The van der Waals surface area contributed by atoms with Crippen molar-refractivity contribution in [3.8, 4) is 0 Å². The molecular weight excluding hydrogens is 307 g/mol. The third-order valence-electron chi connectivity index (χ3n) is 2.41. The molecule has 2 aromatic rings. The van der Waals surface area contributed by atoms with Gasteiger partial charge in [-0.25, -0.2) is 4.98 Å². The number of alkyl halides is 1. The monoisotopic (exact) mass is 314 g/mol. The molecule has 0 aliphatic heterocycles. The first kappa shape index (κ1) is 14.1. The highest BCUT2D eigenvalue weighted by molar-refractivity contribution is 6.40. The normalized spacial score (nSPS) is 10.3. The summed E-state index contributed by atoms with van der Waals surface area (Å²) in [6.07, 6.45) is 1.59. The quantitative estimate of drug-likeness (QED) is 0.854. The van der Waals surface area contributed by atoms with Crippen LogP contribution in [0.1, 0.15) is 15.9 Å². The van der Waals surface area contributed by atoms with Crippen molar-refractivity contribution < 1.29 is 4.79 Å². The van der Waals surface area contributed by atoms with Crippen molar-refractivity contribution in [2.24, 2.45) is 0 Å². The van der Waals surface area contributed by atoms with Gasteiger partial charge in [0.1, 0.15) is 5.82 Å². The van der Waals surface area contributed by atoms with Crippen molar-refractivity contribution in [3.63, 3.8) is 0 Å². The molecule has 1 heterocycles. The van der Waals surface area contributed by atoms with Crippen molar-refractivity contribution in [2.45, 2.75) is 5.88 Å². The van der Waals surface area contributed by atoms with E-state index in [1.54, 1.807) is 36.5 Å². The van der Waals surface area contributed by atoms with Gasteiger partial charge in [-0.2, -0.15) is 0 Å². The van der Waals surface area contributed by atoms with Gasteiger partial charge in [0.25, 0.3) is 5.91 Å². The Morgan fingerprint density at radius 2 is 1.84 bits per heavy atom. The summed E-state index contributed by atoms with van der Waals surface area (Å²) in [6.45, 7) is 0. The van der Waals surface area contributed by atoms with Gasteiger partial charge < -0.3 is 5.32 Å². The third-order valence-corrected chi connectivity index (χ3v) is 3.35. The Morgan fingerprint density at radius 3 is 2.37 bits per heavy atom. The fourth-order valence-electron chi connectivity index (χ4n) is 1.47. The summed E-state index contributed by atoms with van der Waals surface area (Å²) in [6, 6.07) is 8.33. The van der Waals surface area contributed by atoms with Gasteiger partial charge in [-0.05, 0) is 23.8 Å². The van der Waals surface area contributed by atoms with Crippen LogP contribution in [0.2, 0.25) is 10.0 Å². The van der Waals surface area contributed by atoms with E-state index < -0.39 is 5.91 Å². The van der Waals surface area contributed by atoms with Gasteiger partial charge in [-0.1, -0.05) is 35.3 Å². The van der Waals surface area contributed by atoms with Gasteiger partial charge in [-0.15, -0.1) is 11.6 Å². The number of benzene rings is 1. The van der Waals surface area contributed by atoms with Crippen LogP contribution in [-0.4, -0.2) is 10.9 Å². The highest BCUT2D eigenvalue weighted by atomic mass is 35.5. The summed E-state index contributed by atoms with van der Waals surface area (Å²) in [5.41, 5.74) is 1.10. The van der Waals surface area contributed by atoms with E-state index in [-0.39, 0.29) is 5.56 Å². The predicted molar refractivity (Wildman–Crippen MR) is 78.2 cm³/mol. The first-order valence-corrected chi connectivity index (χ1v) is 6.67. The molecule has 6 heteroatoms. The zero-order valence-electron chi connectivity index (χ0n) is 9.66. The maximum atomic E-state index is 12.1. The van der Waals surface area contributed by atoms with E-state index in [0.717, 1.165) is 5.56 Å². The van der Waals surface area contributed by atoms with E-state index in [0.29, 0.717) is 21.7 Å². The van der Waals surface area contributed by atoms with Crippen LogP contribution in [0.15, 0.2) is 36.5 Å². The van der Waals surface area contributed by atoms with Crippen molar-refractivity contribution in [3.05, 3.63) is 57.7 Å². The van der Waals surface area contributed by atoms with Crippen LogP contribution in [0, 0.1) is 0 Å². The highest BCUT2D eigenvalue weighted by Crippen LogP contribution is 2.25. The minimum Gasteiger partial charge on any atom is -0.306 e. The molecule has 1 N–H and O–H groups in total. The molecule has 0 spiro atoms. The summed E-state index contributed by atoms with van der Waals surface area (Å²) < 4.78 is 0. The SMILES string of the molecule is O=C(Nc1ccc(CCl)cn1)c1c(Cl)cccc1Cl. The van der Waals surface area contributed by atoms with Gasteiger partial charge >= 0.3 is 0 Å². The van der Waals surface area contributed by atoms with E-state index in [4.69, 9.17) is 34.8 Å². The van der Waals surface area contributed by atoms with Gasteiger partial charge in [-0.3, -0.25) is 4.79 Å². The molecule has 2 rings (SSSR count). The van der Waals surface area contributed by atoms with E-state index in [2.05, 4.69) is 10.3 Å². The first-order chi connectivity index (χ1) is 9.11. The number of hydrogen-bond acceptors (Lipinski definition) is 2. The number of nitrogens with zero attached hydrogens (tertiary/aromatic N) is 1. The van der Waals surface area contributed by atoms with E-state index in [9.17, 15) is 4.79 Å². The Bertz CT molecular complexity index is 579. The lowest BCUT2D eigenvalue weighted by Crippen LogP contribution is -2.14. The largest absolute Gasteiger partial charge is 0.306 e. The molecule has 0 aliphatic carbocycles. The lowest BCUT2D eigenvalue weighted by Gasteiger charge is -2.08. The van der Waals surface area contributed by atoms with Gasteiger partial charge in [0, 0.05) is 12.1 Å². The van der Waals surface area contributed by atoms with Crippen LogP contribution in [0.5, 0.6) is 0 Å². The van der Waals surface area contributed by atoms with Crippen molar-refractivity contribution in [1.82, 2.24) is 4.98 Å². The minimum atomic E-state index is -0.401. The fraction of sp³-hybridized carbons (Fsp3) is 0.0769. The average molecular weight is 316 g/mol. The zero-order chi connectivity index (χ0) is 13.8. The molecule has 19 heavy (non-hydrogen) atoms. The van der Waals surface area contributed by atoms with Gasteiger partial charge in [0.05, 0.1) is 15.6 Å². The molecule has 3 nitrogen and oxygen atoms in total. The lowest BCUT2D eigenvalue weighted by atomic mass is 10.2. The Morgan fingerprint density at radius 1 is 1.16 bits per heavy atom. The minimum absolute atomic E-state index is 0.231. The van der Waals surface area contributed by atoms with E-state index in [1.165, 1.54) is 0 Å². The molecule has 1 aromatic carbocycles. The van der Waals surface area contributed by atoms with E-state index in [1.807, 2.05) is 0 Å². The summed E-state index contributed by atoms with van der Waals surface area (Å²) in [5.74, 6) is 0.383. The maximum absolute atomic E-state index is 12.1. The van der Waals surface area contributed by atoms with Crippen LogP contribution in [-0.2, 0) is 5.88 Å². The first-order valence-electron chi connectivity index (χ1n) is 5.38. The van der Waals surface area contributed by atoms with Crippen LogP contribution in [0.25, 0.3) is 0 Å².